The van der Waals surface area contributed by atoms with Crippen LogP contribution >= 0.6 is 23.2 Å². The number of halogens is 5. The number of nitrogens with one attached hydrogen (secondary N) is 1. The number of alkyl halides is 3. The molecule has 102 heavy (non-hydrogen) atoms. The Morgan fingerprint density at radius 3 is 1.89 bits per heavy atom. The van der Waals surface area contributed by atoms with Crippen molar-refractivity contribution in [1.82, 2.24) is 33.5 Å². The Hall–Kier alpha value is -9.64. The monoisotopic (exact) mass is 1470 g/mol. The summed E-state index contributed by atoms with van der Waals surface area (Å²) in [6.07, 6.45) is 4.73. The van der Waals surface area contributed by atoms with Gasteiger partial charge in [-0.05, 0) is 120 Å². The maximum Gasteiger partial charge on any atom is 0.356 e. The van der Waals surface area contributed by atoms with E-state index in [4.69, 9.17) is 51.8 Å². The molecule has 1 atom stereocenters. The normalized spacial score (nSPS) is 14.2. The zero-order valence-corrected chi connectivity index (χ0v) is 60.8. The number of oxime groups is 2. The lowest BCUT2D eigenvalue weighted by atomic mass is 9.82. The van der Waals surface area contributed by atoms with Crippen LogP contribution in [0.15, 0.2) is 133 Å². The number of H-pyrrole nitrogens is 1. The second-order valence-electron chi connectivity index (χ2n) is 24.8. The summed E-state index contributed by atoms with van der Waals surface area (Å²) in [4.78, 5) is 97.7. The first kappa shape index (κ1) is 78.1. The number of sulfone groups is 1. The molecule has 3 aliphatic rings. The Bertz CT molecular complexity index is 4740. The van der Waals surface area contributed by atoms with Crippen molar-refractivity contribution in [3.8, 4) is 22.7 Å². The van der Waals surface area contributed by atoms with Crippen LogP contribution in [0.3, 0.4) is 0 Å². The lowest BCUT2D eigenvalue weighted by Crippen LogP contribution is -2.29. The molecule has 0 fully saturated rings. The quantitative estimate of drug-likeness (QED) is 0.0474. The first-order chi connectivity index (χ1) is 48.3. The van der Waals surface area contributed by atoms with Gasteiger partial charge in [-0.1, -0.05) is 114 Å². The van der Waals surface area contributed by atoms with Crippen molar-refractivity contribution in [2.75, 3.05) is 39.3 Å². The van der Waals surface area contributed by atoms with E-state index >= 15 is 0 Å². The van der Waals surface area contributed by atoms with E-state index in [9.17, 15) is 55.2 Å². The molecule has 8 aromatic rings. The Morgan fingerprint density at radius 2 is 1.37 bits per heavy atom. The van der Waals surface area contributed by atoms with Gasteiger partial charge in [0.1, 0.15) is 34.6 Å². The van der Waals surface area contributed by atoms with Gasteiger partial charge in [0.15, 0.2) is 32.8 Å². The maximum absolute atomic E-state index is 14.2. The van der Waals surface area contributed by atoms with E-state index < -0.39 is 67.6 Å². The number of hydrogen-bond acceptors (Lipinski definition) is 18. The number of benzene rings is 5. The smallest absolute Gasteiger partial charge is 0.356 e. The predicted molar refractivity (Wildman–Crippen MR) is 377 cm³/mol. The van der Waals surface area contributed by atoms with Crippen molar-refractivity contribution in [3.63, 3.8) is 0 Å². The summed E-state index contributed by atoms with van der Waals surface area (Å²) < 4.78 is 90.9. The van der Waals surface area contributed by atoms with Crippen molar-refractivity contribution < 1.29 is 69.4 Å². The highest BCUT2D eigenvalue weighted by Gasteiger charge is 2.45. The fourth-order valence-corrected chi connectivity index (χ4v) is 13.0. The molecule has 0 radical (unpaired) electrons. The molecule has 3 aliphatic heterocycles. The second-order valence-corrected chi connectivity index (χ2v) is 27.7. The largest absolute Gasteiger partial charge is 0.465 e. The minimum atomic E-state index is -3.52. The SMILES string of the molecule is CCOC(=O)C(Cl)Cc1cc(-n2nc(C)n(C(F)F)c2=O)c(F)cc1Cl.CCOC(=O)C1=NOC(c2ccccc2)(c2ccccc2)C1.CCc1cc(C)cc(CC)c1-c1c(OC(=O)C(C)(C)C)n2n(c1=O)CCOCC2.Cc1c(C(=O)c2c[nH]n(C)c2=O)ccc(S(C)(=O)=O)c1C1=NOCC1. The van der Waals surface area contributed by atoms with Crippen LogP contribution in [0, 0.1) is 32.0 Å². The predicted octanol–water partition coefficient (Wildman–Crippen LogP) is 11.0. The van der Waals surface area contributed by atoms with E-state index in [-0.39, 0.29) is 67.2 Å². The molecule has 0 bridgehead atoms. The summed E-state index contributed by atoms with van der Waals surface area (Å²) in [6, 6.07) is 28.7. The third-order valence-electron chi connectivity index (χ3n) is 16.7. The number of rotatable bonds is 18. The van der Waals surface area contributed by atoms with Gasteiger partial charge in [0.25, 0.3) is 11.1 Å². The van der Waals surface area contributed by atoms with Gasteiger partial charge in [-0.25, -0.2) is 36.3 Å². The molecule has 5 aromatic carbocycles. The Morgan fingerprint density at radius 1 is 0.765 bits per heavy atom. The van der Waals surface area contributed by atoms with Crippen LogP contribution in [0.1, 0.15) is 134 Å². The number of aromatic amines is 1. The van der Waals surface area contributed by atoms with Crippen molar-refractivity contribution in [1.29, 1.82) is 0 Å². The molecule has 1 unspecified atom stereocenters. The Kier molecular flexibility index (Phi) is 25.6. The molecule has 3 aromatic heterocycles. The highest BCUT2D eigenvalue weighted by atomic mass is 35.5. The summed E-state index contributed by atoms with van der Waals surface area (Å²) in [6.45, 7) is 17.4. The molecule has 544 valence electrons. The van der Waals surface area contributed by atoms with Crippen molar-refractivity contribution in [3.05, 3.63) is 207 Å². The number of hydrogen-bond donors (Lipinski definition) is 1. The summed E-state index contributed by atoms with van der Waals surface area (Å²) in [5, 5.41) is 13.1. The number of esters is 3. The lowest BCUT2D eigenvalue weighted by Gasteiger charge is -2.27. The number of ether oxygens (including phenoxy) is 4. The van der Waals surface area contributed by atoms with Crippen molar-refractivity contribution >= 4 is 68.2 Å². The van der Waals surface area contributed by atoms with Crippen LogP contribution < -0.4 is 21.5 Å². The number of aromatic nitrogens is 7. The van der Waals surface area contributed by atoms with Crippen LogP contribution in [0.4, 0.5) is 13.2 Å². The minimum absolute atomic E-state index is 0.00623. The highest BCUT2D eigenvalue weighted by Crippen LogP contribution is 2.42. The van der Waals surface area contributed by atoms with Gasteiger partial charge in [-0.3, -0.25) is 28.7 Å². The number of ketones is 1. The van der Waals surface area contributed by atoms with Crippen molar-refractivity contribution in [2.45, 2.75) is 137 Å². The second kappa shape index (κ2) is 33.4. The van der Waals surface area contributed by atoms with E-state index in [1.807, 2.05) is 81.4 Å². The van der Waals surface area contributed by atoms with Gasteiger partial charge in [0.2, 0.25) is 5.88 Å². The highest BCUT2D eigenvalue weighted by molar-refractivity contribution is 7.90. The molecule has 1 N–H and O–H groups in total. The van der Waals surface area contributed by atoms with E-state index in [1.165, 1.54) is 42.5 Å². The molecule has 11 rings (SSSR count). The van der Waals surface area contributed by atoms with E-state index in [1.54, 1.807) is 30.1 Å². The Balaban J connectivity index is 0.000000173. The van der Waals surface area contributed by atoms with Gasteiger partial charge in [-0.2, -0.15) is 13.5 Å². The van der Waals surface area contributed by atoms with E-state index in [0.29, 0.717) is 91.0 Å². The van der Waals surface area contributed by atoms with Crippen molar-refractivity contribution in [2.24, 2.45) is 22.8 Å². The zero-order valence-electron chi connectivity index (χ0n) is 58.5. The molecule has 0 saturated carbocycles. The third kappa shape index (κ3) is 17.3. The third-order valence-corrected chi connectivity index (χ3v) is 18.5. The van der Waals surface area contributed by atoms with Gasteiger partial charge in [-0.15, -0.1) is 16.7 Å². The topological polar surface area (TPSA) is 287 Å². The molecule has 30 heteroatoms. The number of carbonyl (C=O) groups is 4. The van der Waals surface area contributed by atoms with E-state index in [2.05, 4.69) is 53.4 Å². The van der Waals surface area contributed by atoms with Gasteiger partial charge >= 0.3 is 30.1 Å². The number of aryl methyl sites for hydroxylation is 5. The first-order valence-corrected chi connectivity index (χ1v) is 35.4. The Labute approximate surface area is 596 Å². The van der Waals surface area contributed by atoms with Crippen LogP contribution in [-0.4, -0.2) is 122 Å². The summed E-state index contributed by atoms with van der Waals surface area (Å²) in [5.74, 6) is -2.83. The first-order valence-electron chi connectivity index (χ1n) is 32.7. The molecular formula is C72H80Cl2F3N9O15S. The maximum atomic E-state index is 14.2. The molecule has 0 amide bonds. The van der Waals surface area contributed by atoms with Gasteiger partial charge in [0, 0.05) is 59.6 Å². The van der Waals surface area contributed by atoms with Crippen LogP contribution in [-0.2, 0) is 93.1 Å². The summed E-state index contributed by atoms with van der Waals surface area (Å²) in [5.41, 5.74) is 5.21. The average molecular weight is 1470 g/mol. The van der Waals surface area contributed by atoms with Crippen LogP contribution in [0.2, 0.25) is 5.02 Å². The van der Waals surface area contributed by atoms with Crippen LogP contribution in [0.25, 0.3) is 16.8 Å². The molecule has 0 spiro atoms. The molecular weight excluding hydrogens is 1390 g/mol. The summed E-state index contributed by atoms with van der Waals surface area (Å²) >= 11 is 11.9. The van der Waals surface area contributed by atoms with Gasteiger partial charge < -0.3 is 33.7 Å². The van der Waals surface area contributed by atoms with Crippen LogP contribution in [0.5, 0.6) is 5.88 Å². The lowest BCUT2D eigenvalue weighted by molar-refractivity contribution is -0.144. The fourth-order valence-electron chi connectivity index (χ4n) is 11.6. The standard InChI is InChI=1S/C23H32N2O4.C18H17NO3.C16H17N3O5S.C15H14Cl2F3N3O3/c1-7-16-13-15(3)14-17(8-2)18(16)19-20(26)24-9-11-28-12-10-25(24)21(19)29-22(27)23(4,5)6;1-2-21-17(20)16-13-18(22-19-16,14-9-5-3-6-10-14)15-11-7-4-8-12-15;1-9-10(15(20)11-8-17-19(2)16(11)21)4-5-13(25(3,22)23)14(9)12-6-7-24-18-12;1-3-26-13(24)10(17)4-8-5-12(11(18)6-9(8)16)23-15(25)22(14(19)20)7(2)21-23/h13-14H,7-12H2,1-6H3;3-12H,2,13H2,1H3;4-5,8,17H,6-7H2,1-3H3;5-6,10,14H,3-4H2,1-2H3. The molecule has 0 saturated heterocycles. The average Bonchev–Trinajstić information content (AvgIpc) is 1.60. The molecule has 0 aliphatic carbocycles. The molecule has 24 nitrogen and oxygen atoms in total. The fraction of sp³-hybridized carbons (Fsp3) is 0.389. The summed E-state index contributed by atoms with van der Waals surface area (Å²) in [7, 11) is -2.02. The number of carbonyl (C=O) groups excluding carboxylic acids is 4. The number of nitrogens with zero attached hydrogens (tertiary/aromatic N) is 8. The van der Waals surface area contributed by atoms with E-state index in [0.717, 1.165) is 59.0 Å². The molecule has 6 heterocycles. The zero-order chi connectivity index (χ0) is 74.7. The van der Waals surface area contributed by atoms with Gasteiger partial charge in [0.05, 0.1) is 62.0 Å². The number of fused-ring (bicyclic) bond motifs is 1. The minimum Gasteiger partial charge on any atom is -0.465 e.